The van der Waals surface area contributed by atoms with Crippen LogP contribution in [0.2, 0.25) is 5.02 Å². The number of aryl methyl sites for hydroxylation is 1. The zero-order valence-corrected chi connectivity index (χ0v) is 10.8. The summed E-state index contributed by atoms with van der Waals surface area (Å²) in [5.74, 6) is 0. The van der Waals surface area contributed by atoms with Crippen LogP contribution in [0.1, 0.15) is 5.56 Å². The average molecular weight is 252 g/mol. The van der Waals surface area contributed by atoms with Gasteiger partial charge in [0.15, 0.2) is 0 Å². The highest BCUT2D eigenvalue weighted by Crippen LogP contribution is 2.29. The minimum absolute atomic E-state index is 0.765. The van der Waals surface area contributed by atoms with Crippen molar-refractivity contribution in [3.05, 3.63) is 71.2 Å². The molecule has 0 heterocycles. The van der Waals surface area contributed by atoms with Crippen molar-refractivity contribution in [2.45, 2.75) is 6.92 Å². The topological polar surface area (TPSA) is 0 Å². The number of fused-ring (bicyclic) bond motifs is 1. The van der Waals surface area contributed by atoms with E-state index in [0.29, 0.717) is 0 Å². The molecule has 3 aromatic rings. The van der Waals surface area contributed by atoms with Gasteiger partial charge in [-0.1, -0.05) is 48.0 Å². The lowest BCUT2D eigenvalue weighted by atomic mass is 9.95. The van der Waals surface area contributed by atoms with Crippen LogP contribution in [0.15, 0.2) is 54.6 Å². The predicted octanol–water partition coefficient (Wildman–Crippen LogP) is 5.27. The Balaban J connectivity index is 2.24. The van der Waals surface area contributed by atoms with E-state index in [0.717, 1.165) is 10.4 Å². The zero-order valence-electron chi connectivity index (χ0n) is 10.1. The quantitative estimate of drug-likeness (QED) is 0.553. The van der Waals surface area contributed by atoms with Crippen molar-refractivity contribution in [3.63, 3.8) is 0 Å². The average Bonchev–Trinajstić information content (AvgIpc) is 2.41. The highest BCUT2D eigenvalue weighted by atomic mass is 35.5. The van der Waals surface area contributed by atoms with Crippen LogP contribution in [0.4, 0.5) is 0 Å². The summed E-state index contributed by atoms with van der Waals surface area (Å²) < 4.78 is 0. The van der Waals surface area contributed by atoms with Gasteiger partial charge >= 0.3 is 0 Å². The molecule has 0 fully saturated rings. The lowest BCUT2D eigenvalue weighted by Crippen LogP contribution is -1.85. The van der Waals surface area contributed by atoms with E-state index in [1.807, 2.05) is 30.3 Å². The molecule has 0 spiro atoms. The fourth-order valence-electron chi connectivity index (χ4n) is 2.27. The molecule has 87 valence electrons. The molecule has 1 heteroatoms. The lowest BCUT2D eigenvalue weighted by molar-refractivity contribution is 1.50. The second kappa shape index (κ2) is 4.47. The molecule has 3 aromatic carbocycles. The van der Waals surface area contributed by atoms with Crippen molar-refractivity contribution in [1.82, 2.24) is 0 Å². The maximum Gasteiger partial charge on any atom is 0.0406 e. The summed E-state index contributed by atoms with van der Waals surface area (Å²) in [5.41, 5.74) is 3.68. The molecule has 3 rings (SSSR count). The molecular formula is C17H12Cl. The summed E-state index contributed by atoms with van der Waals surface area (Å²) in [6.07, 6.45) is 0. The van der Waals surface area contributed by atoms with Crippen molar-refractivity contribution >= 4 is 22.4 Å². The third-order valence-electron chi connectivity index (χ3n) is 3.26. The molecule has 0 aliphatic rings. The van der Waals surface area contributed by atoms with Gasteiger partial charge in [0.25, 0.3) is 0 Å². The van der Waals surface area contributed by atoms with Crippen molar-refractivity contribution in [2.24, 2.45) is 0 Å². The second-order valence-electron chi connectivity index (χ2n) is 4.38. The first-order chi connectivity index (χ1) is 8.75. The van der Waals surface area contributed by atoms with Gasteiger partial charge < -0.3 is 0 Å². The first-order valence-electron chi connectivity index (χ1n) is 5.92. The molecule has 0 nitrogen and oxygen atoms in total. The highest BCUT2D eigenvalue weighted by molar-refractivity contribution is 6.30. The van der Waals surface area contributed by atoms with Gasteiger partial charge in [-0.05, 0) is 58.7 Å². The van der Waals surface area contributed by atoms with Gasteiger partial charge in [-0.25, -0.2) is 0 Å². The maximum absolute atomic E-state index is 5.93. The first kappa shape index (κ1) is 11.3. The Morgan fingerprint density at radius 3 is 2.44 bits per heavy atom. The van der Waals surface area contributed by atoms with Crippen LogP contribution in [0.5, 0.6) is 0 Å². The lowest BCUT2D eigenvalue weighted by Gasteiger charge is -2.09. The molecule has 0 aromatic heterocycles. The summed E-state index contributed by atoms with van der Waals surface area (Å²) in [6, 6.07) is 21.7. The molecule has 0 bridgehead atoms. The van der Waals surface area contributed by atoms with Gasteiger partial charge in [0.05, 0.1) is 0 Å². The van der Waals surface area contributed by atoms with Gasteiger partial charge in [-0.15, -0.1) is 0 Å². The Morgan fingerprint density at radius 1 is 0.944 bits per heavy atom. The predicted molar refractivity (Wildman–Crippen MR) is 78.0 cm³/mol. The van der Waals surface area contributed by atoms with Crippen LogP contribution in [-0.2, 0) is 0 Å². The van der Waals surface area contributed by atoms with Gasteiger partial charge in [0, 0.05) is 5.02 Å². The summed E-state index contributed by atoms with van der Waals surface area (Å²) >= 11 is 5.93. The molecule has 0 saturated carbocycles. The number of rotatable bonds is 1. The maximum atomic E-state index is 5.93. The zero-order chi connectivity index (χ0) is 12.5. The SMILES string of the molecule is Cc1c(-c2ccc(Cl)cc2)c[c]c2ccccc12. The van der Waals surface area contributed by atoms with Crippen molar-refractivity contribution in [3.8, 4) is 11.1 Å². The van der Waals surface area contributed by atoms with Gasteiger partial charge in [-0.3, -0.25) is 0 Å². The Bertz CT molecular complexity index is 696. The first-order valence-corrected chi connectivity index (χ1v) is 6.29. The summed E-state index contributed by atoms with van der Waals surface area (Å²) in [4.78, 5) is 0. The smallest absolute Gasteiger partial charge is 0.0406 e. The third kappa shape index (κ3) is 1.89. The van der Waals surface area contributed by atoms with Crippen LogP contribution in [-0.4, -0.2) is 0 Å². The van der Waals surface area contributed by atoms with Crippen LogP contribution >= 0.6 is 11.6 Å². The molecule has 0 atom stereocenters. The largest absolute Gasteiger partial charge is 0.0843 e. The molecule has 0 unspecified atom stereocenters. The molecule has 0 saturated heterocycles. The minimum Gasteiger partial charge on any atom is -0.0843 e. The Labute approximate surface area is 112 Å². The molecule has 1 radical (unpaired) electrons. The monoisotopic (exact) mass is 251 g/mol. The molecule has 0 aliphatic carbocycles. The Morgan fingerprint density at radius 2 is 1.67 bits per heavy atom. The van der Waals surface area contributed by atoms with Crippen LogP contribution in [0.3, 0.4) is 0 Å². The summed E-state index contributed by atoms with van der Waals surface area (Å²) in [5, 5.41) is 3.18. The van der Waals surface area contributed by atoms with E-state index >= 15 is 0 Å². The number of halogens is 1. The summed E-state index contributed by atoms with van der Waals surface area (Å²) in [6.45, 7) is 2.15. The van der Waals surface area contributed by atoms with Gasteiger partial charge in [0.2, 0.25) is 0 Å². The van der Waals surface area contributed by atoms with Crippen molar-refractivity contribution < 1.29 is 0 Å². The van der Waals surface area contributed by atoms with Gasteiger partial charge in [0.1, 0.15) is 0 Å². The standard InChI is InChI=1S/C17H12Cl/c1-12-16-5-3-2-4-13(16)8-11-17(12)14-6-9-15(18)10-7-14/h2-7,9-11H,1H3. The number of hydrogen-bond acceptors (Lipinski definition) is 0. The number of benzene rings is 3. The minimum atomic E-state index is 0.765. The van der Waals surface area contributed by atoms with E-state index in [2.05, 4.69) is 37.3 Å². The van der Waals surface area contributed by atoms with Crippen LogP contribution < -0.4 is 0 Å². The normalized spacial score (nSPS) is 10.8. The van der Waals surface area contributed by atoms with E-state index < -0.39 is 0 Å². The Kier molecular flexibility index (Phi) is 2.81. The van der Waals surface area contributed by atoms with Crippen LogP contribution in [0, 0.1) is 13.0 Å². The van der Waals surface area contributed by atoms with E-state index in [9.17, 15) is 0 Å². The molecule has 0 amide bonds. The molecular weight excluding hydrogens is 240 g/mol. The Hall–Kier alpha value is -1.79. The third-order valence-corrected chi connectivity index (χ3v) is 3.51. The molecule has 18 heavy (non-hydrogen) atoms. The van der Waals surface area contributed by atoms with Gasteiger partial charge in [-0.2, -0.15) is 0 Å². The van der Waals surface area contributed by atoms with E-state index in [1.54, 1.807) is 0 Å². The fourth-order valence-corrected chi connectivity index (χ4v) is 2.39. The number of hydrogen-bond donors (Lipinski definition) is 0. The van der Waals surface area contributed by atoms with Crippen LogP contribution in [0.25, 0.3) is 21.9 Å². The molecule has 0 aliphatic heterocycles. The van der Waals surface area contributed by atoms with Crippen molar-refractivity contribution in [1.29, 1.82) is 0 Å². The highest BCUT2D eigenvalue weighted by Gasteiger charge is 2.05. The summed E-state index contributed by atoms with van der Waals surface area (Å²) in [7, 11) is 0. The fraction of sp³-hybridized carbons (Fsp3) is 0.0588. The van der Waals surface area contributed by atoms with Crippen molar-refractivity contribution in [2.75, 3.05) is 0 Å². The van der Waals surface area contributed by atoms with E-state index in [1.165, 1.54) is 22.1 Å². The van der Waals surface area contributed by atoms with E-state index in [-0.39, 0.29) is 0 Å². The van der Waals surface area contributed by atoms with E-state index in [4.69, 9.17) is 11.6 Å². The second-order valence-corrected chi connectivity index (χ2v) is 4.82. The molecule has 0 N–H and O–H groups in total.